The lowest BCUT2D eigenvalue weighted by Crippen LogP contribution is -2.41. The molecule has 2 aromatic rings. The molecule has 7 heteroatoms. The number of carbonyl (C=O) groups is 2. The lowest BCUT2D eigenvalue weighted by atomic mass is 9.96. The summed E-state index contributed by atoms with van der Waals surface area (Å²) >= 11 is 1.21. The first-order chi connectivity index (χ1) is 12.3. The third kappa shape index (κ3) is 4.68. The first kappa shape index (κ1) is 20.1. The highest BCUT2D eigenvalue weighted by molar-refractivity contribution is 7.09. The maximum atomic E-state index is 12.7. The second-order valence-electron chi connectivity index (χ2n) is 6.41. The van der Waals surface area contributed by atoms with E-state index in [4.69, 9.17) is 0 Å². The van der Waals surface area contributed by atoms with Crippen molar-refractivity contribution in [2.24, 2.45) is 5.92 Å². The Morgan fingerprint density at radius 2 is 1.92 bits per heavy atom. The molecule has 0 aliphatic heterocycles. The number of nitrogens with zero attached hydrogens (tertiary/aromatic N) is 2. The minimum absolute atomic E-state index is 0.0918. The number of aliphatic hydroxyl groups is 1. The van der Waals surface area contributed by atoms with Crippen molar-refractivity contribution in [2.45, 2.75) is 32.4 Å². The standard InChI is InChI=1S/C19H24N2O4S/c1-12(2)15(21(3)18(23)13-8-6-5-7-9-13)10-16(22)17-20-14(11-26-17)19(24)25-4/h5-9,11-12,15-16,22H,10H2,1-4H3. The normalized spacial score (nSPS) is 13.3. The summed E-state index contributed by atoms with van der Waals surface area (Å²) in [5.74, 6) is -0.482. The van der Waals surface area contributed by atoms with Crippen LogP contribution in [0.4, 0.5) is 0 Å². The highest BCUT2D eigenvalue weighted by atomic mass is 32.1. The zero-order valence-electron chi connectivity index (χ0n) is 15.4. The zero-order valence-corrected chi connectivity index (χ0v) is 16.2. The number of benzene rings is 1. The van der Waals surface area contributed by atoms with Crippen LogP contribution < -0.4 is 0 Å². The van der Waals surface area contributed by atoms with Crippen LogP contribution in [0.2, 0.25) is 0 Å². The Balaban J connectivity index is 2.13. The lowest BCUT2D eigenvalue weighted by molar-refractivity contribution is 0.0572. The molecule has 0 aliphatic carbocycles. The van der Waals surface area contributed by atoms with E-state index in [-0.39, 0.29) is 23.6 Å². The van der Waals surface area contributed by atoms with Crippen molar-refractivity contribution in [2.75, 3.05) is 14.2 Å². The molecule has 0 fully saturated rings. The van der Waals surface area contributed by atoms with E-state index in [0.717, 1.165) is 0 Å². The van der Waals surface area contributed by atoms with E-state index in [0.29, 0.717) is 17.0 Å². The van der Waals surface area contributed by atoms with Gasteiger partial charge in [0.15, 0.2) is 5.69 Å². The fourth-order valence-electron chi connectivity index (χ4n) is 2.78. The van der Waals surface area contributed by atoms with Crippen molar-refractivity contribution in [1.82, 2.24) is 9.88 Å². The molecule has 6 nitrogen and oxygen atoms in total. The molecule has 26 heavy (non-hydrogen) atoms. The summed E-state index contributed by atoms with van der Waals surface area (Å²) in [4.78, 5) is 30.0. The summed E-state index contributed by atoms with van der Waals surface area (Å²) in [5, 5.41) is 12.6. The van der Waals surface area contributed by atoms with Gasteiger partial charge >= 0.3 is 5.97 Å². The predicted octanol–water partition coefficient (Wildman–Crippen LogP) is 3.15. The topological polar surface area (TPSA) is 79.7 Å². The molecule has 0 radical (unpaired) electrons. The van der Waals surface area contributed by atoms with Gasteiger partial charge in [-0.25, -0.2) is 9.78 Å². The van der Waals surface area contributed by atoms with Crippen LogP contribution in [0.5, 0.6) is 0 Å². The van der Waals surface area contributed by atoms with Crippen LogP contribution in [0.15, 0.2) is 35.7 Å². The van der Waals surface area contributed by atoms with Crippen molar-refractivity contribution < 1.29 is 19.4 Å². The molecule has 1 aromatic carbocycles. The largest absolute Gasteiger partial charge is 0.464 e. The maximum absolute atomic E-state index is 12.7. The van der Waals surface area contributed by atoms with Crippen molar-refractivity contribution in [3.8, 4) is 0 Å². The van der Waals surface area contributed by atoms with Gasteiger partial charge in [-0.2, -0.15) is 0 Å². The quantitative estimate of drug-likeness (QED) is 0.751. The van der Waals surface area contributed by atoms with Gasteiger partial charge in [0.1, 0.15) is 11.1 Å². The van der Waals surface area contributed by atoms with Gasteiger partial charge in [0.2, 0.25) is 0 Å². The highest BCUT2D eigenvalue weighted by Gasteiger charge is 2.28. The summed E-state index contributed by atoms with van der Waals surface area (Å²) < 4.78 is 4.64. The lowest BCUT2D eigenvalue weighted by Gasteiger charge is -2.32. The molecule has 2 rings (SSSR count). The summed E-state index contributed by atoms with van der Waals surface area (Å²) in [6, 6.07) is 8.88. The van der Waals surface area contributed by atoms with E-state index in [1.807, 2.05) is 32.0 Å². The molecule has 1 N–H and O–H groups in total. The van der Waals surface area contributed by atoms with E-state index < -0.39 is 12.1 Å². The molecule has 1 amide bonds. The molecule has 1 aromatic heterocycles. The maximum Gasteiger partial charge on any atom is 0.357 e. The van der Waals surface area contributed by atoms with Gasteiger partial charge in [-0.05, 0) is 18.1 Å². The molecule has 2 atom stereocenters. The third-order valence-electron chi connectivity index (χ3n) is 4.27. The number of hydrogen-bond donors (Lipinski definition) is 1. The average molecular weight is 376 g/mol. The Morgan fingerprint density at radius 3 is 2.50 bits per heavy atom. The number of ether oxygens (including phenoxy) is 1. The van der Waals surface area contributed by atoms with Crippen LogP contribution in [-0.4, -0.2) is 47.1 Å². The second kappa shape index (κ2) is 8.91. The molecule has 2 unspecified atom stereocenters. The molecule has 0 spiro atoms. The fourth-order valence-corrected chi connectivity index (χ4v) is 3.57. The molecular formula is C19H24N2O4S. The number of esters is 1. The molecule has 140 valence electrons. The molecule has 0 saturated heterocycles. The van der Waals surface area contributed by atoms with E-state index in [1.165, 1.54) is 18.4 Å². The molecular weight excluding hydrogens is 352 g/mol. The van der Waals surface area contributed by atoms with Crippen LogP contribution in [0.1, 0.15) is 52.2 Å². The van der Waals surface area contributed by atoms with Crippen LogP contribution in [-0.2, 0) is 4.74 Å². The number of rotatable bonds is 7. The van der Waals surface area contributed by atoms with E-state index in [9.17, 15) is 14.7 Å². The van der Waals surface area contributed by atoms with Gasteiger partial charge in [-0.15, -0.1) is 11.3 Å². The van der Waals surface area contributed by atoms with Crippen LogP contribution in [0.25, 0.3) is 0 Å². The average Bonchev–Trinajstić information content (AvgIpc) is 3.15. The van der Waals surface area contributed by atoms with Crippen molar-refractivity contribution in [3.63, 3.8) is 0 Å². The van der Waals surface area contributed by atoms with Crippen LogP contribution in [0, 0.1) is 5.92 Å². The number of hydrogen-bond acceptors (Lipinski definition) is 6. The second-order valence-corrected chi connectivity index (χ2v) is 7.30. The smallest absolute Gasteiger partial charge is 0.357 e. The van der Waals surface area contributed by atoms with Gasteiger partial charge < -0.3 is 14.7 Å². The number of aromatic nitrogens is 1. The molecule has 1 heterocycles. The SMILES string of the molecule is COC(=O)c1csc(C(O)CC(C(C)C)N(C)C(=O)c2ccccc2)n1. The Labute approximate surface area is 157 Å². The number of carbonyl (C=O) groups excluding carboxylic acids is 2. The number of aliphatic hydroxyl groups excluding tert-OH is 1. The van der Waals surface area contributed by atoms with Gasteiger partial charge in [-0.3, -0.25) is 4.79 Å². The fraction of sp³-hybridized carbons (Fsp3) is 0.421. The number of thiazole rings is 1. The van der Waals surface area contributed by atoms with Crippen molar-refractivity contribution in [3.05, 3.63) is 52.0 Å². The van der Waals surface area contributed by atoms with Gasteiger partial charge in [0, 0.05) is 30.5 Å². The summed E-state index contributed by atoms with van der Waals surface area (Å²) in [6.45, 7) is 4.02. The molecule has 0 aliphatic rings. The zero-order chi connectivity index (χ0) is 19.3. The summed E-state index contributed by atoms with van der Waals surface area (Å²) in [6.07, 6.45) is -0.530. The number of amides is 1. The third-order valence-corrected chi connectivity index (χ3v) is 5.22. The minimum Gasteiger partial charge on any atom is -0.464 e. The van der Waals surface area contributed by atoms with Crippen LogP contribution in [0.3, 0.4) is 0 Å². The molecule has 0 bridgehead atoms. The summed E-state index contributed by atoms with van der Waals surface area (Å²) in [5.41, 5.74) is 0.790. The first-order valence-electron chi connectivity index (χ1n) is 8.39. The molecule has 0 saturated carbocycles. The van der Waals surface area contributed by atoms with Crippen LogP contribution >= 0.6 is 11.3 Å². The van der Waals surface area contributed by atoms with Gasteiger partial charge in [0.05, 0.1) is 7.11 Å². The van der Waals surface area contributed by atoms with E-state index in [1.54, 1.807) is 29.5 Å². The van der Waals surface area contributed by atoms with Crippen molar-refractivity contribution in [1.29, 1.82) is 0 Å². The first-order valence-corrected chi connectivity index (χ1v) is 9.27. The van der Waals surface area contributed by atoms with Crippen molar-refractivity contribution >= 4 is 23.2 Å². The minimum atomic E-state index is -0.864. The summed E-state index contributed by atoms with van der Waals surface area (Å²) in [7, 11) is 3.03. The number of methoxy groups -OCH3 is 1. The van der Waals surface area contributed by atoms with Gasteiger partial charge in [0.25, 0.3) is 5.91 Å². The highest BCUT2D eigenvalue weighted by Crippen LogP contribution is 2.27. The Kier molecular flexibility index (Phi) is 6.88. The predicted molar refractivity (Wildman–Crippen MR) is 100 cm³/mol. The monoisotopic (exact) mass is 376 g/mol. The Hall–Kier alpha value is -2.25. The Bertz CT molecular complexity index is 745. The van der Waals surface area contributed by atoms with Gasteiger partial charge in [-0.1, -0.05) is 32.0 Å². The van der Waals surface area contributed by atoms with E-state index in [2.05, 4.69) is 9.72 Å². The Morgan fingerprint density at radius 1 is 1.27 bits per heavy atom. The van der Waals surface area contributed by atoms with E-state index >= 15 is 0 Å².